The molecule has 1 saturated heterocycles. The van der Waals surface area contributed by atoms with Crippen LogP contribution in [-0.2, 0) is 14.3 Å². The van der Waals surface area contributed by atoms with E-state index >= 15 is 0 Å². The maximum Gasteiger partial charge on any atom is 0.268 e. The van der Waals surface area contributed by atoms with Crippen LogP contribution in [0.1, 0.15) is 56.9 Å². The number of nitrogens with zero attached hydrogens (tertiary/aromatic N) is 1. The van der Waals surface area contributed by atoms with Gasteiger partial charge in [-0.15, -0.1) is 0 Å². The second kappa shape index (κ2) is 15.8. The predicted octanol–water partition coefficient (Wildman–Crippen LogP) is 2.76. The van der Waals surface area contributed by atoms with Crippen molar-refractivity contribution < 1.29 is 23.9 Å². The summed E-state index contributed by atoms with van der Waals surface area (Å²) in [5.74, 6) is -0.438. The van der Waals surface area contributed by atoms with E-state index < -0.39 is 23.9 Å². The van der Waals surface area contributed by atoms with Crippen LogP contribution in [0.5, 0.6) is 5.75 Å². The number of carbonyl (C=O) groups is 3. The summed E-state index contributed by atoms with van der Waals surface area (Å²) in [6, 6.07) is 7.72. The average molecular weight is 567 g/mol. The predicted molar refractivity (Wildman–Crippen MR) is 156 cm³/mol. The van der Waals surface area contributed by atoms with Crippen molar-refractivity contribution >= 4 is 28.6 Å². The highest BCUT2D eigenvalue weighted by atomic mass is 16.5. The van der Waals surface area contributed by atoms with Crippen LogP contribution in [0.25, 0.3) is 10.9 Å². The highest BCUT2D eigenvalue weighted by molar-refractivity contribution is 6.01. The van der Waals surface area contributed by atoms with Gasteiger partial charge >= 0.3 is 0 Å². The molecular weight excluding hydrogens is 524 g/mol. The first-order valence-electron chi connectivity index (χ1n) is 14.2. The fraction of sp³-hybridized carbons (Fsp3) is 0.533. The highest BCUT2D eigenvalue weighted by Gasteiger charge is 2.27. The Hall–Kier alpha value is -3.88. The van der Waals surface area contributed by atoms with Gasteiger partial charge in [0.2, 0.25) is 5.91 Å². The van der Waals surface area contributed by atoms with Crippen LogP contribution < -0.4 is 26.0 Å². The number of benzene rings is 1. The van der Waals surface area contributed by atoms with Crippen molar-refractivity contribution in [2.24, 2.45) is 11.8 Å². The third kappa shape index (κ3) is 9.33. The molecule has 1 aromatic heterocycles. The van der Waals surface area contributed by atoms with Gasteiger partial charge in [-0.3, -0.25) is 19.7 Å². The lowest BCUT2D eigenvalue weighted by Crippen LogP contribution is -2.50. The van der Waals surface area contributed by atoms with E-state index in [-0.39, 0.29) is 23.3 Å². The number of ether oxygens (including phenoxy) is 2. The Balaban J connectivity index is 1.82. The summed E-state index contributed by atoms with van der Waals surface area (Å²) in [6.07, 6.45) is 3.94. The summed E-state index contributed by atoms with van der Waals surface area (Å²) in [5.41, 5.74) is 0.993. The molecule has 0 bridgehead atoms. The molecule has 2 heterocycles. The Morgan fingerprint density at radius 1 is 1.27 bits per heavy atom. The van der Waals surface area contributed by atoms with E-state index in [9.17, 15) is 19.6 Å². The van der Waals surface area contributed by atoms with Gasteiger partial charge in [-0.1, -0.05) is 26.8 Å². The average Bonchev–Trinajstić information content (AvgIpc) is 3.24. The van der Waals surface area contributed by atoms with Gasteiger partial charge in [0.1, 0.15) is 29.1 Å². The maximum absolute atomic E-state index is 13.6. The summed E-state index contributed by atoms with van der Waals surface area (Å²) < 4.78 is 11.0. The van der Waals surface area contributed by atoms with Gasteiger partial charge in [0.25, 0.3) is 11.8 Å². The zero-order valence-electron chi connectivity index (χ0n) is 24.3. The molecule has 11 heteroatoms. The van der Waals surface area contributed by atoms with Gasteiger partial charge in [-0.25, -0.2) is 0 Å². The van der Waals surface area contributed by atoms with Crippen LogP contribution in [0.2, 0.25) is 0 Å². The van der Waals surface area contributed by atoms with Gasteiger partial charge in [-0.05, 0) is 68.3 Å². The Kier molecular flexibility index (Phi) is 12.2. The SMILES string of the molecule is CCCNC(=O)/C(C#N)=C\C(CC1CCNCOC1)NC(=O)[C@H](CC(C)C)NC(=O)c1cc2c(OC)cccc2[nH]1. The monoisotopic (exact) mass is 566 g/mol. The molecule has 5 N–H and O–H groups in total. The quantitative estimate of drug-likeness (QED) is 0.184. The van der Waals surface area contributed by atoms with E-state index in [1.165, 1.54) is 6.08 Å². The fourth-order valence-corrected chi connectivity index (χ4v) is 4.82. The lowest BCUT2D eigenvalue weighted by molar-refractivity contribution is -0.124. The molecule has 0 saturated carbocycles. The lowest BCUT2D eigenvalue weighted by Gasteiger charge is -2.25. The van der Waals surface area contributed by atoms with Crippen molar-refractivity contribution in [2.45, 2.75) is 58.5 Å². The highest BCUT2D eigenvalue weighted by Crippen LogP contribution is 2.26. The van der Waals surface area contributed by atoms with Gasteiger partial charge in [0.15, 0.2) is 0 Å². The molecule has 1 aromatic carbocycles. The van der Waals surface area contributed by atoms with Crippen LogP contribution in [0.15, 0.2) is 35.9 Å². The zero-order chi connectivity index (χ0) is 29.8. The van der Waals surface area contributed by atoms with Crippen LogP contribution in [0.3, 0.4) is 0 Å². The topological polar surface area (TPSA) is 157 Å². The Bertz CT molecular complexity index is 1260. The molecule has 11 nitrogen and oxygen atoms in total. The van der Waals surface area contributed by atoms with Crippen LogP contribution >= 0.6 is 0 Å². The van der Waals surface area contributed by atoms with E-state index in [0.29, 0.717) is 44.2 Å². The van der Waals surface area contributed by atoms with E-state index in [0.717, 1.165) is 30.3 Å². The first-order valence-corrected chi connectivity index (χ1v) is 14.2. The number of amides is 3. The zero-order valence-corrected chi connectivity index (χ0v) is 24.3. The van der Waals surface area contributed by atoms with E-state index in [2.05, 4.69) is 26.3 Å². The van der Waals surface area contributed by atoms with Crippen molar-refractivity contribution in [2.75, 3.05) is 33.5 Å². The molecule has 3 atom stereocenters. The molecule has 41 heavy (non-hydrogen) atoms. The maximum atomic E-state index is 13.6. The summed E-state index contributed by atoms with van der Waals surface area (Å²) in [7, 11) is 1.57. The van der Waals surface area contributed by atoms with Crippen LogP contribution in [-0.4, -0.2) is 68.3 Å². The largest absolute Gasteiger partial charge is 0.496 e. The molecule has 0 spiro atoms. The van der Waals surface area contributed by atoms with Gasteiger partial charge in [0.05, 0.1) is 20.4 Å². The number of nitrogens with one attached hydrogen (secondary N) is 5. The molecule has 2 unspecified atom stereocenters. The van der Waals surface area contributed by atoms with Crippen molar-refractivity contribution in [3.8, 4) is 11.8 Å². The normalized spacial score (nSPS) is 17.3. The molecule has 0 aliphatic carbocycles. The van der Waals surface area contributed by atoms with E-state index in [1.807, 2.05) is 45.0 Å². The molecular formula is C30H42N6O5. The molecule has 2 aromatic rings. The molecule has 1 fully saturated rings. The Morgan fingerprint density at radius 2 is 2.07 bits per heavy atom. The Labute approximate surface area is 241 Å². The third-order valence-electron chi connectivity index (χ3n) is 6.89. The third-order valence-corrected chi connectivity index (χ3v) is 6.89. The number of hydrogen-bond donors (Lipinski definition) is 5. The number of nitriles is 1. The van der Waals surface area contributed by atoms with Crippen molar-refractivity contribution in [3.05, 3.63) is 41.6 Å². The number of aromatic nitrogens is 1. The number of hydrogen-bond acceptors (Lipinski definition) is 7. The molecule has 1 aliphatic rings. The van der Waals surface area contributed by atoms with E-state index in [1.54, 1.807) is 13.2 Å². The first kappa shape index (κ1) is 31.6. The van der Waals surface area contributed by atoms with Crippen molar-refractivity contribution in [1.29, 1.82) is 5.26 Å². The van der Waals surface area contributed by atoms with Crippen molar-refractivity contribution in [1.82, 2.24) is 26.3 Å². The summed E-state index contributed by atoms with van der Waals surface area (Å²) in [6.45, 7) is 8.02. The fourth-order valence-electron chi connectivity index (χ4n) is 4.82. The number of aromatic amines is 1. The molecule has 0 radical (unpaired) electrons. The summed E-state index contributed by atoms with van der Waals surface area (Å²) in [5, 5.41) is 22.2. The minimum atomic E-state index is -0.835. The molecule has 3 rings (SSSR count). The number of H-pyrrole nitrogens is 1. The number of carbonyl (C=O) groups excluding carboxylic acids is 3. The van der Waals surface area contributed by atoms with E-state index in [4.69, 9.17) is 9.47 Å². The van der Waals surface area contributed by atoms with Crippen molar-refractivity contribution in [3.63, 3.8) is 0 Å². The van der Waals surface area contributed by atoms with Gasteiger partial charge in [0, 0.05) is 23.5 Å². The summed E-state index contributed by atoms with van der Waals surface area (Å²) in [4.78, 5) is 42.6. The standard InChI is InChI=1S/C30H42N6O5/c1-5-10-33-28(37)21(16-31)14-22(13-20-9-11-32-18-41-17-20)34-29(38)25(12-19(2)3)36-30(39)26-15-23-24(35-26)7-6-8-27(23)40-4/h6-8,14-15,19-20,22,25,32,35H,5,9-13,17-18H2,1-4H3,(H,33,37)(H,34,38)(H,36,39)/b21-14-/t20?,22?,25-/m0/s1. The molecule has 1 aliphatic heterocycles. The number of fused-ring (bicyclic) bond motifs is 1. The minimum absolute atomic E-state index is 0.0621. The first-order chi connectivity index (χ1) is 19.7. The second-order valence-electron chi connectivity index (χ2n) is 10.7. The van der Waals surface area contributed by atoms with Crippen LogP contribution in [0, 0.1) is 23.2 Å². The lowest BCUT2D eigenvalue weighted by atomic mass is 9.95. The molecule has 3 amide bonds. The molecule has 222 valence electrons. The number of methoxy groups -OCH3 is 1. The Morgan fingerprint density at radius 3 is 2.78 bits per heavy atom. The van der Waals surface area contributed by atoms with Gasteiger partial charge in [-0.2, -0.15) is 5.26 Å². The van der Waals surface area contributed by atoms with Gasteiger partial charge < -0.3 is 30.4 Å². The summed E-state index contributed by atoms with van der Waals surface area (Å²) >= 11 is 0. The number of rotatable bonds is 13. The van der Waals surface area contributed by atoms with Crippen LogP contribution in [0.4, 0.5) is 0 Å². The smallest absolute Gasteiger partial charge is 0.268 e. The minimum Gasteiger partial charge on any atom is -0.496 e. The second-order valence-corrected chi connectivity index (χ2v) is 10.7.